The molecule has 6 nitrogen and oxygen atoms in total. The molecule has 0 atom stereocenters. The molecule has 2 aliphatic rings. The fourth-order valence-electron chi connectivity index (χ4n) is 2.08. The fourth-order valence-corrected chi connectivity index (χ4v) is 2.40. The lowest BCUT2D eigenvalue weighted by atomic mass is 10.2. The number of amidine groups is 1. The van der Waals surface area contributed by atoms with Crippen molar-refractivity contribution in [3.05, 3.63) is 41.8 Å². The Bertz CT molecular complexity index is 661. The Morgan fingerprint density at radius 1 is 1.15 bits per heavy atom. The summed E-state index contributed by atoms with van der Waals surface area (Å²) in [5, 5.41) is 10.2. The zero-order valence-corrected chi connectivity index (χ0v) is 11.6. The topological polar surface area (TPSA) is 67.1 Å². The Balaban J connectivity index is 2.14. The predicted molar refractivity (Wildman–Crippen MR) is 84.2 cm³/mol. The van der Waals surface area contributed by atoms with Crippen LogP contribution >= 0.6 is 12.2 Å². The molecule has 0 amide bonds. The smallest absolute Gasteiger partial charge is 0.198 e. The number of para-hydroxylation sites is 1. The van der Waals surface area contributed by atoms with Crippen LogP contribution in [0.1, 0.15) is 0 Å². The first-order chi connectivity index (χ1) is 9.68. The average Bonchev–Trinajstić information content (AvgIpc) is 2.75. The van der Waals surface area contributed by atoms with E-state index in [0.29, 0.717) is 16.6 Å². The highest BCUT2D eigenvalue weighted by atomic mass is 32.1. The normalized spacial score (nSPS) is 21.6. The third-order valence-electron chi connectivity index (χ3n) is 2.92. The van der Waals surface area contributed by atoms with E-state index in [1.807, 2.05) is 42.3 Å². The second-order valence-corrected chi connectivity index (χ2v) is 4.61. The number of hydrazine groups is 1. The zero-order valence-electron chi connectivity index (χ0n) is 10.7. The molecule has 1 aromatic rings. The van der Waals surface area contributed by atoms with Crippen molar-refractivity contribution >= 4 is 41.3 Å². The summed E-state index contributed by atoms with van der Waals surface area (Å²) in [4.78, 5) is 10.1. The molecule has 20 heavy (non-hydrogen) atoms. The molecule has 2 aliphatic heterocycles. The second kappa shape index (κ2) is 4.86. The molecule has 0 bridgehead atoms. The lowest BCUT2D eigenvalue weighted by Crippen LogP contribution is -2.29. The van der Waals surface area contributed by atoms with E-state index in [2.05, 4.69) is 15.4 Å². The van der Waals surface area contributed by atoms with E-state index in [-0.39, 0.29) is 5.84 Å². The third-order valence-corrected chi connectivity index (χ3v) is 3.19. The van der Waals surface area contributed by atoms with E-state index < -0.39 is 0 Å². The third kappa shape index (κ3) is 1.97. The summed E-state index contributed by atoms with van der Waals surface area (Å²) in [5.41, 5.74) is 4.43. The summed E-state index contributed by atoms with van der Waals surface area (Å²) >= 11 is 5.36. The van der Waals surface area contributed by atoms with Crippen LogP contribution in [0.5, 0.6) is 0 Å². The number of aliphatic imine (C=N–C) groups is 2. The molecule has 1 fully saturated rings. The Kier molecular flexibility index (Phi) is 3.03. The first kappa shape index (κ1) is 12.5. The maximum Gasteiger partial charge on any atom is 0.198 e. The van der Waals surface area contributed by atoms with E-state index in [9.17, 15) is 0 Å². The number of rotatable bonds is 1. The van der Waals surface area contributed by atoms with Crippen LogP contribution in [0.4, 0.5) is 5.69 Å². The molecule has 3 rings (SSSR count). The minimum absolute atomic E-state index is 0.113. The molecule has 0 spiro atoms. The van der Waals surface area contributed by atoms with Crippen LogP contribution in [-0.2, 0) is 0 Å². The van der Waals surface area contributed by atoms with Crippen LogP contribution < -0.4 is 10.3 Å². The van der Waals surface area contributed by atoms with Crippen molar-refractivity contribution in [2.24, 2.45) is 9.98 Å². The van der Waals surface area contributed by atoms with E-state index in [1.165, 1.54) is 6.21 Å². The van der Waals surface area contributed by atoms with Gasteiger partial charge in [0.15, 0.2) is 16.8 Å². The van der Waals surface area contributed by atoms with Gasteiger partial charge in [-0.25, -0.2) is 9.98 Å². The van der Waals surface area contributed by atoms with Crippen LogP contribution in [0.25, 0.3) is 0 Å². The standard InChI is InChI=1S/C13H12N6S/c1-18-12(10-11(14)16-8-7-15-10)19(13(20)17-18)9-5-3-2-4-6-9/h2-8,14H,1H3,(H,17,20)/b12-10-,14-11?. The molecule has 7 heteroatoms. The first-order valence-corrected chi connectivity index (χ1v) is 6.39. The number of anilines is 1. The van der Waals surface area contributed by atoms with Crippen molar-refractivity contribution in [1.82, 2.24) is 10.4 Å². The van der Waals surface area contributed by atoms with Crippen LogP contribution in [0.15, 0.2) is 51.8 Å². The Hall–Kier alpha value is -2.54. The van der Waals surface area contributed by atoms with Crippen LogP contribution in [-0.4, -0.2) is 35.4 Å². The Morgan fingerprint density at radius 3 is 2.55 bits per heavy atom. The molecular formula is C13H12N6S. The molecule has 0 aliphatic carbocycles. The molecule has 2 heterocycles. The van der Waals surface area contributed by atoms with Crippen LogP contribution in [0.3, 0.4) is 0 Å². The fraction of sp³-hybridized carbons (Fsp3) is 0.0769. The van der Waals surface area contributed by atoms with Crippen LogP contribution in [0.2, 0.25) is 0 Å². The summed E-state index contributed by atoms with van der Waals surface area (Å²) in [5.74, 6) is 0.807. The van der Waals surface area contributed by atoms with Gasteiger partial charge in [0.1, 0.15) is 5.70 Å². The maximum absolute atomic E-state index is 7.93. The van der Waals surface area contributed by atoms with Crippen molar-refractivity contribution in [3.63, 3.8) is 0 Å². The van der Waals surface area contributed by atoms with Crippen molar-refractivity contribution in [2.45, 2.75) is 0 Å². The molecule has 0 aromatic heterocycles. The van der Waals surface area contributed by atoms with E-state index in [1.54, 1.807) is 11.2 Å². The molecule has 0 unspecified atom stereocenters. The largest absolute Gasteiger partial charge is 0.281 e. The van der Waals surface area contributed by atoms with Crippen molar-refractivity contribution in [1.29, 1.82) is 5.41 Å². The second-order valence-electron chi connectivity index (χ2n) is 4.22. The van der Waals surface area contributed by atoms with Gasteiger partial charge >= 0.3 is 0 Å². The van der Waals surface area contributed by atoms with Gasteiger partial charge in [0.2, 0.25) is 0 Å². The summed E-state index contributed by atoms with van der Waals surface area (Å²) in [6.07, 6.45) is 3.07. The Morgan fingerprint density at radius 2 is 1.85 bits per heavy atom. The zero-order chi connectivity index (χ0) is 14.1. The summed E-state index contributed by atoms with van der Waals surface area (Å²) in [6, 6.07) is 9.72. The van der Waals surface area contributed by atoms with Gasteiger partial charge < -0.3 is 0 Å². The highest BCUT2D eigenvalue weighted by molar-refractivity contribution is 7.80. The molecular weight excluding hydrogens is 272 g/mol. The summed E-state index contributed by atoms with van der Waals surface area (Å²) < 4.78 is 0. The van der Waals surface area contributed by atoms with Gasteiger partial charge in [0.25, 0.3) is 0 Å². The van der Waals surface area contributed by atoms with Gasteiger partial charge in [-0.1, -0.05) is 18.2 Å². The lowest BCUT2D eigenvalue weighted by Gasteiger charge is -2.21. The predicted octanol–water partition coefficient (Wildman–Crippen LogP) is 1.53. The molecule has 1 aromatic carbocycles. The van der Waals surface area contributed by atoms with E-state index >= 15 is 0 Å². The van der Waals surface area contributed by atoms with Crippen molar-refractivity contribution in [2.75, 3.05) is 11.9 Å². The monoisotopic (exact) mass is 284 g/mol. The number of hydrogen-bond acceptors (Lipinski definition) is 4. The number of nitrogens with one attached hydrogen (secondary N) is 2. The minimum atomic E-state index is 0.113. The lowest BCUT2D eigenvalue weighted by molar-refractivity contribution is 0.399. The maximum atomic E-state index is 7.93. The number of benzene rings is 1. The van der Waals surface area contributed by atoms with E-state index in [0.717, 1.165) is 5.69 Å². The SMILES string of the molecule is CN1NC(=S)N(c2ccccc2)/C1=C1\N=CC=NC1=N. The first-order valence-electron chi connectivity index (χ1n) is 5.98. The average molecular weight is 284 g/mol. The highest BCUT2D eigenvalue weighted by Gasteiger charge is 2.32. The highest BCUT2D eigenvalue weighted by Crippen LogP contribution is 2.28. The molecule has 0 radical (unpaired) electrons. The summed E-state index contributed by atoms with van der Waals surface area (Å²) in [6.45, 7) is 0. The van der Waals surface area contributed by atoms with E-state index in [4.69, 9.17) is 17.6 Å². The van der Waals surface area contributed by atoms with Crippen molar-refractivity contribution in [3.8, 4) is 0 Å². The minimum Gasteiger partial charge on any atom is -0.281 e. The van der Waals surface area contributed by atoms with Gasteiger partial charge in [-0.3, -0.25) is 20.7 Å². The van der Waals surface area contributed by atoms with Crippen molar-refractivity contribution < 1.29 is 0 Å². The van der Waals surface area contributed by atoms with Gasteiger partial charge in [0, 0.05) is 25.2 Å². The van der Waals surface area contributed by atoms with Gasteiger partial charge in [-0.2, -0.15) is 0 Å². The molecule has 0 saturated carbocycles. The summed E-state index contributed by atoms with van der Waals surface area (Å²) in [7, 11) is 1.83. The molecule has 1 saturated heterocycles. The Labute approximate surface area is 121 Å². The molecule has 2 N–H and O–H groups in total. The van der Waals surface area contributed by atoms with Gasteiger partial charge in [-0.15, -0.1) is 0 Å². The van der Waals surface area contributed by atoms with Crippen LogP contribution in [0, 0.1) is 5.41 Å². The number of hydrogen-bond donors (Lipinski definition) is 2. The molecule has 100 valence electrons. The number of nitrogens with zero attached hydrogens (tertiary/aromatic N) is 4. The number of thiocarbonyl (C=S) groups is 1. The van der Waals surface area contributed by atoms with Gasteiger partial charge in [-0.05, 0) is 24.4 Å². The van der Waals surface area contributed by atoms with Gasteiger partial charge in [0.05, 0.1) is 0 Å². The quantitative estimate of drug-likeness (QED) is 0.768.